The zero-order valence-electron chi connectivity index (χ0n) is 8.33. The summed E-state index contributed by atoms with van der Waals surface area (Å²) >= 11 is 5.71. The molecule has 0 unspecified atom stereocenters. The summed E-state index contributed by atoms with van der Waals surface area (Å²) in [6.07, 6.45) is 3.49. The maximum absolute atomic E-state index is 11.5. The fourth-order valence-electron chi connectivity index (χ4n) is 0.990. The third kappa shape index (κ3) is 3.35. The lowest BCUT2D eigenvalue weighted by molar-refractivity contribution is 0.104. The SMILES string of the molecule is CC(C)C=CC(=O)c1ccc(Cl)cc1. The predicted molar refractivity (Wildman–Crippen MR) is 59.8 cm³/mol. The van der Waals surface area contributed by atoms with Crippen molar-refractivity contribution in [3.05, 3.63) is 47.0 Å². The van der Waals surface area contributed by atoms with Gasteiger partial charge in [0, 0.05) is 10.6 Å². The Bertz CT molecular complexity index is 336. The molecule has 2 heteroatoms. The fraction of sp³-hybridized carbons (Fsp3) is 0.250. The van der Waals surface area contributed by atoms with Gasteiger partial charge in [-0.2, -0.15) is 0 Å². The first-order valence-corrected chi connectivity index (χ1v) is 4.95. The fourth-order valence-corrected chi connectivity index (χ4v) is 1.12. The lowest BCUT2D eigenvalue weighted by Crippen LogP contribution is -1.94. The molecule has 0 fully saturated rings. The molecule has 1 aromatic rings. The first-order chi connectivity index (χ1) is 6.59. The number of ketones is 1. The van der Waals surface area contributed by atoms with Crippen LogP contribution >= 0.6 is 11.6 Å². The van der Waals surface area contributed by atoms with Crippen LogP contribution in [0.3, 0.4) is 0 Å². The van der Waals surface area contributed by atoms with Gasteiger partial charge in [-0.05, 0) is 36.3 Å². The Morgan fingerprint density at radius 3 is 2.36 bits per heavy atom. The van der Waals surface area contributed by atoms with Crippen molar-refractivity contribution in [1.29, 1.82) is 0 Å². The highest BCUT2D eigenvalue weighted by Crippen LogP contribution is 2.10. The van der Waals surface area contributed by atoms with E-state index in [1.807, 2.05) is 19.9 Å². The van der Waals surface area contributed by atoms with Crippen LogP contribution in [0.25, 0.3) is 0 Å². The monoisotopic (exact) mass is 208 g/mol. The second-order valence-corrected chi connectivity index (χ2v) is 3.91. The average molecular weight is 209 g/mol. The van der Waals surface area contributed by atoms with Crippen molar-refractivity contribution in [2.45, 2.75) is 13.8 Å². The van der Waals surface area contributed by atoms with Gasteiger partial charge in [-0.15, -0.1) is 0 Å². The van der Waals surface area contributed by atoms with E-state index in [4.69, 9.17) is 11.6 Å². The minimum atomic E-state index is 0.0235. The minimum Gasteiger partial charge on any atom is -0.289 e. The standard InChI is InChI=1S/C12H13ClO/c1-9(2)3-8-12(14)10-4-6-11(13)7-5-10/h3-9H,1-2H3. The van der Waals surface area contributed by atoms with Gasteiger partial charge < -0.3 is 0 Å². The van der Waals surface area contributed by atoms with Gasteiger partial charge in [0.15, 0.2) is 5.78 Å². The molecule has 1 aromatic carbocycles. The average Bonchev–Trinajstić information content (AvgIpc) is 2.15. The highest BCUT2D eigenvalue weighted by molar-refractivity contribution is 6.30. The van der Waals surface area contributed by atoms with Crippen LogP contribution in [0.4, 0.5) is 0 Å². The molecular weight excluding hydrogens is 196 g/mol. The Morgan fingerprint density at radius 2 is 1.86 bits per heavy atom. The maximum Gasteiger partial charge on any atom is 0.185 e. The number of benzene rings is 1. The summed E-state index contributed by atoms with van der Waals surface area (Å²) in [5.41, 5.74) is 0.673. The molecule has 1 nitrogen and oxygen atoms in total. The molecule has 74 valence electrons. The summed E-state index contributed by atoms with van der Waals surface area (Å²) in [7, 11) is 0. The van der Waals surface area contributed by atoms with E-state index < -0.39 is 0 Å². The number of halogens is 1. The van der Waals surface area contributed by atoms with Crippen LogP contribution in [-0.4, -0.2) is 5.78 Å². The van der Waals surface area contributed by atoms with Crippen LogP contribution < -0.4 is 0 Å². The lowest BCUT2D eigenvalue weighted by atomic mass is 10.1. The van der Waals surface area contributed by atoms with Crippen molar-refractivity contribution < 1.29 is 4.79 Å². The molecule has 0 saturated carbocycles. The summed E-state index contributed by atoms with van der Waals surface area (Å²) in [6, 6.07) is 6.90. The van der Waals surface area contributed by atoms with E-state index in [0.717, 1.165) is 0 Å². The summed E-state index contributed by atoms with van der Waals surface area (Å²) in [4.78, 5) is 11.5. The van der Waals surface area contributed by atoms with E-state index in [-0.39, 0.29) is 5.78 Å². The van der Waals surface area contributed by atoms with Crippen LogP contribution in [0.2, 0.25) is 5.02 Å². The number of carbonyl (C=O) groups excluding carboxylic acids is 1. The Balaban J connectivity index is 2.75. The minimum absolute atomic E-state index is 0.0235. The molecule has 0 spiro atoms. The second-order valence-electron chi connectivity index (χ2n) is 3.47. The van der Waals surface area contributed by atoms with Crippen LogP contribution in [0.15, 0.2) is 36.4 Å². The van der Waals surface area contributed by atoms with Crippen molar-refractivity contribution >= 4 is 17.4 Å². The van der Waals surface area contributed by atoms with Crippen molar-refractivity contribution in [3.8, 4) is 0 Å². The van der Waals surface area contributed by atoms with Crippen LogP contribution in [-0.2, 0) is 0 Å². The molecule has 0 amide bonds. The van der Waals surface area contributed by atoms with Crippen LogP contribution in [0.5, 0.6) is 0 Å². The van der Waals surface area contributed by atoms with Gasteiger partial charge in [-0.3, -0.25) is 4.79 Å². The van der Waals surface area contributed by atoms with Gasteiger partial charge in [0.25, 0.3) is 0 Å². The molecule has 1 rings (SSSR count). The van der Waals surface area contributed by atoms with E-state index >= 15 is 0 Å². The topological polar surface area (TPSA) is 17.1 Å². The van der Waals surface area contributed by atoms with E-state index in [1.54, 1.807) is 30.3 Å². The van der Waals surface area contributed by atoms with Gasteiger partial charge in [-0.1, -0.05) is 31.5 Å². The Labute approximate surface area is 89.4 Å². The predicted octanol–water partition coefficient (Wildman–Crippen LogP) is 3.73. The molecular formula is C12H13ClO. The van der Waals surface area contributed by atoms with Crippen LogP contribution in [0, 0.1) is 5.92 Å². The normalized spacial score (nSPS) is 11.1. The van der Waals surface area contributed by atoms with E-state index in [2.05, 4.69) is 0 Å². The van der Waals surface area contributed by atoms with Gasteiger partial charge in [-0.25, -0.2) is 0 Å². The van der Waals surface area contributed by atoms with Gasteiger partial charge in [0.05, 0.1) is 0 Å². The summed E-state index contributed by atoms with van der Waals surface area (Å²) in [6.45, 7) is 4.07. The van der Waals surface area contributed by atoms with Gasteiger partial charge >= 0.3 is 0 Å². The quantitative estimate of drug-likeness (QED) is 0.547. The molecule has 0 aliphatic carbocycles. The van der Waals surface area contributed by atoms with E-state index in [0.29, 0.717) is 16.5 Å². The molecule has 14 heavy (non-hydrogen) atoms. The molecule has 0 radical (unpaired) electrons. The number of allylic oxidation sites excluding steroid dienone is 2. The molecule has 0 atom stereocenters. The zero-order chi connectivity index (χ0) is 10.6. The highest BCUT2D eigenvalue weighted by atomic mass is 35.5. The Morgan fingerprint density at radius 1 is 1.29 bits per heavy atom. The maximum atomic E-state index is 11.5. The van der Waals surface area contributed by atoms with E-state index in [1.165, 1.54) is 0 Å². The van der Waals surface area contributed by atoms with Gasteiger partial charge in [0.2, 0.25) is 0 Å². The Hall–Kier alpha value is -1.08. The smallest absolute Gasteiger partial charge is 0.185 e. The van der Waals surface area contributed by atoms with Crippen molar-refractivity contribution in [3.63, 3.8) is 0 Å². The molecule has 0 saturated heterocycles. The summed E-state index contributed by atoms with van der Waals surface area (Å²) < 4.78 is 0. The molecule has 0 aromatic heterocycles. The third-order valence-corrected chi connectivity index (χ3v) is 2.01. The largest absolute Gasteiger partial charge is 0.289 e. The summed E-state index contributed by atoms with van der Waals surface area (Å²) in [5.74, 6) is 0.418. The molecule has 0 N–H and O–H groups in total. The first-order valence-electron chi connectivity index (χ1n) is 4.57. The van der Waals surface area contributed by atoms with Crippen molar-refractivity contribution in [2.24, 2.45) is 5.92 Å². The Kier molecular flexibility index (Phi) is 3.90. The molecule has 0 aliphatic rings. The van der Waals surface area contributed by atoms with E-state index in [9.17, 15) is 4.79 Å². The van der Waals surface area contributed by atoms with Gasteiger partial charge in [0.1, 0.15) is 0 Å². The van der Waals surface area contributed by atoms with Crippen molar-refractivity contribution in [2.75, 3.05) is 0 Å². The van der Waals surface area contributed by atoms with Crippen molar-refractivity contribution in [1.82, 2.24) is 0 Å². The molecule has 0 aliphatic heterocycles. The number of hydrogen-bond donors (Lipinski definition) is 0. The molecule has 0 bridgehead atoms. The molecule has 0 heterocycles. The lowest BCUT2D eigenvalue weighted by Gasteiger charge is -1.96. The number of rotatable bonds is 3. The second kappa shape index (κ2) is 4.97. The summed E-state index contributed by atoms with van der Waals surface area (Å²) in [5, 5.41) is 0.648. The first kappa shape index (κ1) is 11.0. The third-order valence-electron chi connectivity index (χ3n) is 1.76. The number of hydrogen-bond acceptors (Lipinski definition) is 1. The highest BCUT2D eigenvalue weighted by Gasteiger charge is 2.00. The number of carbonyl (C=O) groups is 1. The zero-order valence-corrected chi connectivity index (χ0v) is 9.08. The van der Waals surface area contributed by atoms with Crippen LogP contribution in [0.1, 0.15) is 24.2 Å².